The van der Waals surface area contributed by atoms with Gasteiger partial charge in [0, 0.05) is 11.6 Å². The molecular weight excluding hydrogens is 248 g/mol. The largest absolute Gasteiger partial charge is 0.350 e. The first-order valence-corrected chi connectivity index (χ1v) is 7.46. The predicted molar refractivity (Wildman–Crippen MR) is 82.5 cm³/mol. The van der Waals surface area contributed by atoms with E-state index in [1.54, 1.807) is 0 Å². The Labute approximate surface area is 122 Å². The molecule has 0 spiro atoms. The molecule has 2 rings (SSSR count). The minimum absolute atomic E-state index is 0.0651. The molecule has 110 valence electrons. The fraction of sp³-hybridized carbons (Fsp3) is 0.588. The van der Waals surface area contributed by atoms with Gasteiger partial charge in [-0.3, -0.25) is 4.79 Å². The summed E-state index contributed by atoms with van der Waals surface area (Å²) in [6, 6.07) is 8.93. The summed E-state index contributed by atoms with van der Waals surface area (Å²) < 4.78 is 0. The van der Waals surface area contributed by atoms with E-state index in [1.807, 2.05) is 20.8 Å². The van der Waals surface area contributed by atoms with Crippen molar-refractivity contribution in [2.24, 2.45) is 5.92 Å². The van der Waals surface area contributed by atoms with E-state index in [2.05, 4.69) is 41.8 Å². The number of aryl methyl sites for hydroxylation is 1. The zero-order chi connectivity index (χ0) is 14.8. The molecule has 1 amide bonds. The summed E-state index contributed by atoms with van der Waals surface area (Å²) in [7, 11) is 0. The lowest BCUT2D eigenvalue weighted by atomic mass is 10.0. The normalized spacial score (nSPS) is 16.8. The minimum atomic E-state index is -0.169. The second-order valence-electron chi connectivity index (χ2n) is 6.90. The highest BCUT2D eigenvalue weighted by molar-refractivity contribution is 5.78. The quantitative estimate of drug-likeness (QED) is 0.866. The van der Waals surface area contributed by atoms with Crippen LogP contribution >= 0.6 is 0 Å². The molecule has 0 saturated heterocycles. The molecule has 0 aromatic heterocycles. The Morgan fingerprint density at radius 1 is 1.25 bits per heavy atom. The molecule has 2 N–H and O–H groups in total. The summed E-state index contributed by atoms with van der Waals surface area (Å²) in [5, 5.41) is 6.42. The summed E-state index contributed by atoms with van der Waals surface area (Å²) in [6.45, 7) is 8.49. The van der Waals surface area contributed by atoms with Crippen molar-refractivity contribution < 1.29 is 4.79 Å². The van der Waals surface area contributed by atoms with Gasteiger partial charge < -0.3 is 10.6 Å². The molecule has 3 heteroatoms. The van der Waals surface area contributed by atoms with Crippen molar-refractivity contribution in [2.45, 2.75) is 52.1 Å². The molecule has 1 aromatic rings. The van der Waals surface area contributed by atoms with Gasteiger partial charge in [-0.15, -0.1) is 0 Å². The third-order valence-corrected chi connectivity index (χ3v) is 3.53. The Morgan fingerprint density at radius 2 is 1.85 bits per heavy atom. The van der Waals surface area contributed by atoms with Crippen LogP contribution in [-0.4, -0.2) is 18.0 Å². The van der Waals surface area contributed by atoms with E-state index < -0.39 is 0 Å². The Bertz CT molecular complexity index is 455. The van der Waals surface area contributed by atoms with Crippen LogP contribution in [0, 0.1) is 12.8 Å². The maximum atomic E-state index is 11.9. The smallest absolute Gasteiger partial charge is 0.234 e. The lowest BCUT2D eigenvalue weighted by Crippen LogP contribution is -2.45. The minimum Gasteiger partial charge on any atom is -0.350 e. The van der Waals surface area contributed by atoms with E-state index in [0.29, 0.717) is 18.5 Å². The second kappa shape index (κ2) is 5.96. The SMILES string of the molecule is Cc1ccc(C(NCC(=O)NC(C)(C)C)C2CC2)cc1. The highest BCUT2D eigenvalue weighted by Gasteiger charge is 2.32. The molecule has 1 unspecified atom stereocenters. The van der Waals surface area contributed by atoms with Crippen molar-refractivity contribution in [1.29, 1.82) is 0 Å². The van der Waals surface area contributed by atoms with Crippen LogP contribution in [0.5, 0.6) is 0 Å². The second-order valence-corrected chi connectivity index (χ2v) is 6.90. The van der Waals surface area contributed by atoms with Crippen LogP contribution in [-0.2, 0) is 4.79 Å². The summed E-state index contributed by atoms with van der Waals surface area (Å²) in [5.41, 5.74) is 2.40. The van der Waals surface area contributed by atoms with Crippen molar-refractivity contribution in [3.8, 4) is 0 Å². The Kier molecular flexibility index (Phi) is 4.48. The molecule has 1 atom stereocenters. The maximum absolute atomic E-state index is 11.9. The molecule has 1 aliphatic carbocycles. The molecule has 0 heterocycles. The van der Waals surface area contributed by atoms with Crippen molar-refractivity contribution in [1.82, 2.24) is 10.6 Å². The summed E-state index contributed by atoms with van der Waals surface area (Å²) >= 11 is 0. The van der Waals surface area contributed by atoms with Crippen LogP contribution in [0.4, 0.5) is 0 Å². The van der Waals surface area contributed by atoms with Crippen molar-refractivity contribution >= 4 is 5.91 Å². The molecule has 1 saturated carbocycles. The van der Waals surface area contributed by atoms with Gasteiger partial charge >= 0.3 is 0 Å². The number of benzene rings is 1. The van der Waals surface area contributed by atoms with Gasteiger partial charge in [-0.2, -0.15) is 0 Å². The fourth-order valence-electron chi connectivity index (χ4n) is 2.43. The van der Waals surface area contributed by atoms with Crippen LogP contribution in [0.3, 0.4) is 0 Å². The van der Waals surface area contributed by atoms with Gasteiger partial charge in [0.25, 0.3) is 0 Å². The van der Waals surface area contributed by atoms with Crippen LogP contribution in [0.2, 0.25) is 0 Å². The van der Waals surface area contributed by atoms with Gasteiger partial charge in [-0.05, 0) is 52.0 Å². The Hall–Kier alpha value is -1.35. The van der Waals surface area contributed by atoms with Crippen LogP contribution in [0.1, 0.15) is 50.8 Å². The van der Waals surface area contributed by atoms with Gasteiger partial charge in [0.05, 0.1) is 6.54 Å². The van der Waals surface area contributed by atoms with E-state index in [-0.39, 0.29) is 11.4 Å². The zero-order valence-electron chi connectivity index (χ0n) is 13.0. The van der Waals surface area contributed by atoms with Crippen molar-refractivity contribution in [3.63, 3.8) is 0 Å². The number of carbonyl (C=O) groups excluding carboxylic acids is 1. The number of nitrogens with one attached hydrogen (secondary N) is 2. The lowest BCUT2D eigenvalue weighted by molar-refractivity contribution is -0.121. The molecule has 3 nitrogen and oxygen atoms in total. The van der Waals surface area contributed by atoms with Crippen LogP contribution in [0.25, 0.3) is 0 Å². The lowest BCUT2D eigenvalue weighted by Gasteiger charge is -2.23. The predicted octanol–water partition coefficient (Wildman–Crippen LogP) is 2.95. The third-order valence-electron chi connectivity index (χ3n) is 3.53. The summed E-state index contributed by atoms with van der Waals surface area (Å²) in [6.07, 6.45) is 2.51. The van der Waals surface area contributed by atoms with E-state index in [9.17, 15) is 4.79 Å². The van der Waals surface area contributed by atoms with E-state index in [0.717, 1.165) is 0 Å². The average Bonchev–Trinajstić information content (AvgIpc) is 3.13. The third kappa shape index (κ3) is 4.64. The van der Waals surface area contributed by atoms with Gasteiger partial charge in [0.1, 0.15) is 0 Å². The van der Waals surface area contributed by atoms with Crippen molar-refractivity contribution in [3.05, 3.63) is 35.4 Å². The Morgan fingerprint density at radius 3 is 2.35 bits per heavy atom. The first-order valence-electron chi connectivity index (χ1n) is 7.46. The number of hydrogen-bond acceptors (Lipinski definition) is 2. The van der Waals surface area contributed by atoms with Gasteiger partial charge in [0.2, 0.25) is 5.91 Å². The van der Waals surface area contributed by atoms with Gasteiger partial charge in [0.15, 0.2) is 0 Å². The molecule has 0 radical (unpaired) electrons. The number of amides is 1. The monoisotopic (exact) mass is 274 g/mol. The number of carbonyl (C=O) groups is 1. The first kappa shape index (κ1) is 15.0. The first-order chi connectivity index (χ1) is 9.35. The molecule has 1 fully saturated rings. The topological polar surface area (TPSA) is 41.1 Å². The van der Waals surface area contributed by atoms with E-state index >= 15 is 0 Å². The summed E-state index contributed by atoms with van der Waals surface area (Å²) in [5.74, 6) is 0.746. The highest BCUT2D eigenvalue weighted by atomic mass is 16.2. The average molecular weight is 274 g/mol. The highest BCUT2D eigenvalue weighted by Crippen LogP contribution is 2.40. The molecule has 1 aromatic carbocycles. The maximum Gasteiger partial charge on any atom is 0.234 e. The Balaban J connectivity index is 1.93. The molecule has 1 aliphatic rings. The van der Waals surface area contributed by atoms with Crippen LogP contribution < -0.4 is 10.6 Å². The zero-order valence-corrected chi connectivity index (χ0v) is 13.0. The van der Waals surface area contributed by atoms with Crippen LogP contribution in [0.15, 0.2) is 24.3 Å². The fourth-order valence-corrected chi connectivity index (χ4v) is 2.43. The molecule has 20 heavy (non-hydrogen) atoms. The number of hydrogen-bond donors (Lipinski definition) is 2. The molecular formula is C17H26N2O. The number of rotatable bonds is 5. The van der Waals surface area contributed by atoms with E-state index in [4.69, 9.17) is 0 Å². The van der Waals surface area contributed by atoms with Gasteiger partial charge in [-0.1, -0.05) is 29.8 Å². The van der Waals surface area contributed by atoms with Gasteiger partial charge in [-0.25, -0.2) is 0 Å². The standard InChI is InChI=1S/C17H26N2O/c1-12-5-7-13(8-6-12)16(14-9-10-14)18-11-15(20)19-17(2,3)4/h5-8,14,16,18H,9-11H2,1-4H3,(H,19,20). The summed E-state index contributed by atoms with van der Waals surface area (Å²) in [4.78, 5) is 11.9. The van der Waals surface area contributed by atoms with E-state index in [1.165, 1.54) is 24.0 Å². The molecule has 0 bridgehead atoms. The molecule has 0 aliphatic heterocycles. The van der Waals surface area contributed by atoms with Crippen molar-refractivity contribution in [2.75, 3.05) is 6.54 Å².